The molecule has 164 valence electrons. The van der Waals surface area contributed by atoms with Crippen molar-refractivity contribution in [3.8, 4) is 45.4 Å². The fraction of sp³-hybridized carbons (Fsp3) is 0.154. The highest BCUT2D eigenvalue weighted by atomic mass is 19.1. The van der Waals surface area contributed by atoms with Crippen LogP contribution in [0.1, 0.15) is 30.6 Å². The largest absolute Gasteiger partial charge is 0.507 e. The van der Waals surface area contributed by atoms with Crippen LogP contribution >= 0.6 is 0 Å². The number of aromatic nitrogens is 3. The molecule has 0 saturated heterocycles. The van der Waals surface area contributed by atoms with E-state index in [0.717, 1.165) is 5.56 Å². The Kier molecular flexibility index (Phi) is 4.89. The number of Topliss-reactive ketones (excluding diaryl/α,β-unsaturated/α-hetero) is 1. The zero-order valence-corrected chi connectivity index (χ0v) is 18.0. The predicted molar refractivity (Wildman–Crippen MR) is 121 cm³/mol. The molecule has 0 bridgehead atoms. The standard InChI is InChI=1S/C26H20FN3O3/c1-26(2)14-23(32)19-11-18(22(31)13-24(19)33-26)21-12-20(15-3-5-17(27)6-4-15)29-25(30-21)16-7-9-28-10-8-16/h3-13,31H,14H2,1-2H3. The Hall–Kier alpha value is -4.13. The molecule has 33 heavy (non-hydrogen) atoms. The van der Waals surface area contributed by atoms with Gasteiger partial charge >= 0.3 is 0 Å². The molecule has 1 aliphatic heterocycles. The summed E-state index contributed by atoms with van der Waals surface area (Å²) in [6.45, 7) is 3.67. The van der Waals surface area contributed by atoms with Crippen LogP contribution < -0.4 is 4.74 Å². The number of hydrogen-bond donors (Lipinski definition) is 1. The minimum atomic E-state index is -0.642. The predicted octanol–water partition coefficient (Wildman–Crippen LogP) is 5.46. The summed E-state index contributed by atoms with van der Waals surface area (Å²) in [5.41, 5.74) is 2.53. The molecule has 2 aromatic heterocycles. The van der Waals surface area contributed by atoms with Crippen LogP contribution in [0.4, 0.5) is 4.39 Å². The number of benzene rings is 2. The maximum absolute atomic E-state index is 13.5. The SMILES string of the molecule is CC1(C)CC(=O)c2cc(-c3cc(-c4ccc(F)cc4)nc(-c4ccncc4)n3)c(O)cc2O1. The number of ketones is 1. The number of hydrogen-bond acceptors (Lipinski definition) is 6. The van der Waals surface area contributed by atoms with E-state index in [1.165, 1.54) is 18.2 Å². The van der Waals surface area contributed by atoms with E-state index < -0.39 is 5.60 Å². The molecule has 0 amide bonds. The average molecular weight is 441 g/mol. The van der Waals surface area contributed by atoms with Crippen molar-refractivity contribution in [1.29, 1.82) is 0 Å². The third-order valence-electron chi connectivity index (χ3n) is 5.45. The van der Waals surface area contributed by atoms with Gasteiger partial charge in [0.25, 0.3) is 0 Å². The fourth-order valence-corrected chi connectivity index (χ4v) is 3.88. The molecule has 0 aliphatic carbocycles. The summed E-state index contributed by atoms with van der Waals surface area (Å²) in [6.07, 6.45) is 3.51. The van der Waals surface area contributed by atoms with Crippen molar-refractivity contribution < 1.29 is 19.0 Å². The average Bonchev–Trinajstić information content (AvgIpc) is 2.78. The van der Waals surface area contributed by atoms with Gasteiger partial charge in [-0.3, -0.25) is 9.78 Å². The third-order valence-corrected chi connectivity index (χ3v) is 5.45. The lowest BCUT2D eigenvalue weighted by molar-refractivity contribution is 0.0619. The number of carbonyl (C=O) groups is 1. The normalized spacial score (nSPS) is 14.5. The molecule has 6 nitrogen and oxygen atoms in total. The Labute approximate surface area is 189 Å². The van der Waals surface area contributed by atoms with Gasteiger partial charge in [0, 0.05) is 35.2 Å². The van der Waals surface area contributed by atoms with Gasteiger partial charge in [0.15, 0.2) is 11.6 Å². The summed E-state index contributed by atoms with van der Waals surface area (Å²) in [6, 6.07) is 14.3. The molecule has 0 fully saturated rings. The number of pyridine rings is 1. The van der Waals surface area contributed by atoms with E-state index in [1.807, 2.05) is 13.8 Å². The smallest absolute Gasteiger partial charge is 0.170 e. The van der Waals surface area contributed by atoms with Gasteiger partial charge in [-0.1, -0.05) is 0 Å². The minimum absolute atomic E-state index is 0.0651. The monoisotopic (exact) mass is 441 g/mol. The molecule has 5 rings (SSSR count). The molecule has 0 spiro atoms. The maximum atomic E-state index is 13.5. The topological polar surface area (TPSA) is 85.2 Å². The highest BCUT2D eigenvalue weighted by Gasteiger charge is 2.33. The summed E-state index contributed by atoms with van der Waals surface area (Å²) in [5, 5.41) is 10.8. The van der Waals surface area contributed by atoms with Crippen molar-refractivity contribution in [2.45, 2.75) is 25.9 Å². The van der Waals surface area contributed by atoms with E-state index in [1.54, 1.807) is 48.8 Å². The number of carbonyl (C=O) groups excluding carboxylic acids is 1. The quantitative estimate of drug-likeness (QED) is 0.454. The molecule has 0 unspecified atom stereocenters. The van der Waals surface area contributed by atoms with Crippen LogP contribution in [0.5, 0.6) is 11.5 Å². The molecule has 0 radical (unpaired) electrons. The van der Waals surface area contributed by atoms with Crippen molar-refractivity contribution in [3.05, 3.63) is 78.4 Å². The number of aromatic hydroxyl groups is 1. The van der Waals surface area contributed by atoms with Crippen LogP contribution in [0.2, 0.25) is 0 Å². The molecule has 7 heteroatoms. The van der Waals surface area contributed by atoms with Gasteiger partial charge in [-0.05, 0) is 62.4 Å². The third kappa shape index (κ3) is 4.05. The van der Waals surface area contributed by atoms with Gasteiger partial charge in [-0.2, -0.15) is 0 Å². The number of nitrogens with zero attached hydrogens (tertiary/aromatic N) is 3. The maximum Gasteiger partial charge on any atom is 0.170 e. The lowest BCUT2D eigenvalue weighted by Gasteiger charge is -2.31. The summed E-state index contributed by atoms with van der Waals surface area (Å²) in [4.78, 5) is 26.1. The summed E-state index contributed by atoms with van der Waals surface area (Å²) in [5.74, 6) is 0.277. The zero-order chi connectivity index (χ0) is 23.2. The second kappa shape index (κ2) is 7.78. The number of phenols is 1. The van der Waals surface area contributed by atoms with Crippen LogP contribution in [0.25, 0.3) is 33.9 Å². The second-order valence-electron chi connectivity index (χ2n) is 8.53. The Morgan fingerprint density at radius 2 is 1.61 bits per heavy atom. The molecule has 1 N–H and O–H groups in total. The molecular weight excluding hydrogens is 421 g/mol. The number of ether oxygens (including phenoxy) is 1. The van der Waals surface area contributed by atoms with Gasteiger partial charge in [0.1, 0.15) is 22.9 Å². The summed E-state index contributed by atoms with van der Waals surface area (Å²) in [7, 11) is 0. The van der Waals surface area contributed by atoms with Crippen LogP contribution in [-0.4, -0.2) is 31.4 Å². The Morgan fingerprint density at radius 1 is 0.909 bits per heavy atom. The lowest BCUT2D eigenvalue weighted by Crippen LogP contribution is -2.35. The van der Waals surface area contributed by atoms with Crippen molar-refractivity contribution in [1.82, 2.24) is 15.0 Å². The van der Waals surface area contributed by atoms with Gasteiger partial charge < -0.3 is 9.84 Å². The number of phenolic OH excluding ortho intramolecular Hbond substituents is 1. The Morgan fingerprint density at radius 3 is 2.33 bits per heavy atom. The Balaban J connectivity index is 1.70. The molecule has 1 aliphatic rings. The number of rotatable bonds is 3. The highest BCUT2D eigenvalue weighted by Crippen LogP contribution is 2.41. The molecule has 2 aromatic carbocycles. The van der Waals surface area contributed by atoms with E-state index >= 15 is 0 Å². The molecule has 4 aromatic rings. The van der Waals surface area contributed by atoms with Crippen molar-refractivity contribution in [2.75, 3.05) is 0 Å². The highest BCUT2D eigenvalue weighted by molar-refractivity contribution is 6.02. The van der Waals surface area contributed by atoms with E-state index in [0.29, 0.717) is 39.7 Å². The molecule has 3 heterocycles. The van der Waals surface area contributed by atoms with Gasteiger partial charge in [0.2, 0.25) is 0 Å². The number of halogens is 1. The van der Waals surface area contributed by atoms with Crippen LogP contribution in [0, 0.1) is 5.82 Å². The Bertz CT molecular complexity index is 1370. The first kappa shape index (κ1) is 20.8. The van der Waals surface area contributed by atoms with Gasteiger partial charge in [0.05, 0.1) is 23.4 Å². The van der Waals surface area contributed by atoms with Crippen molar-refractivity contribution in [2.24, 2.45) is 0 Å². The van der Waals surface area contributed by atoms with Crippen molar-refractivity contribution in [3.63, 3.8) is 0 Å². The first-order chi connectivity index (χ1) is 15.8. The molecular formula is C26H20FN3O3. The number of fused-ring (bicyclic) bond motifs is 1. The first-order valence-electron chi connectivity index (χ1n) is 10.4. The van der Waals surface area contributed by atoms with Gasteiger partial charge in [-0.25, -0.2) is 14.4 Å². The second-order valence-corrected chi connectivity index (χ2v) is 8.53. The van der Waals surface area contributed by atoms with E-state index in [9.17, 15) is 14.3 Å². The van der Waals surface area contributed by atoms with Crippen molar-refractivity contribution >= 4 is 5.78 Å². The summed E-state index contributed by atoms with van der Waals surface area (Å²) >= 11 is 0. The van der Waals surface area contributed by atoms with E-state index in [4.69, 9.17) is 4.74 Å². The first-order valence-corrected chi connectivity index (χ1v) is 10.4. The molecule has 0 saturated carbocycles. The molecule has 0 atom stereocenters. The van der Waals surface area contributed by atoms with Crippen LogP contribution in [-0.2, 0) is 0 Å². The van der Waals surface area contributed by atoms with Crippen LogP contribution in [0.3, 0.4) is 0 Å². The zero-order valence-electron chi connectivity index (χ0n) is 18.0. The fourth-order valence-electron chi connectivity index (χ4n) is 3.88. The van der Waals surface area contributed by atoms with E-state index in [2.05, 4.69) is 15.0 Å². The minimum Gasteiger partial charge on any atom is -0.507 e. The van der Waals surface area contributed by atoms with Crippen LogP contribution in [0.15, 0.2) is 67.0 Å². The van der Waals surface area contributed by atoms with E-state index in [-0.39, 0.29) is 23.8 Å². The summed E-state index contributed by atoms with van der Waals surface area (Å²) < 4.78 is 19.4. The van der Waals surface area contributed by atoms with Gasteiger partial charge in [-0.15, -0.1) is 0 Å². The lowest BCUT2D eigenvalue weighted by atomic mass is 9.91.